The molecular weight excluding hydrogens is 1590 g/mol. The molecule has 5 N–H and O–H groups in total. The van der Waals surface area contributed by atoms with E-state index < -0.39 is 41.4 Å². The number of hydrogen-bond donors (Lipinski definition) is 5. The number of nitrogens with zero attached hydrogens (tertiary/aromatic N) is 6. The summed E-state index contributed by atoms with van der Waals surface area (Å²) in [6.45, 7) is 26.2. The van der Waals surface area contributed by atoms with E-state index in [0.29, 0.717) is 168 Å². The fraction of sp³-hybridized carbons (Fsp3) is 0.372. The van der Waals surface area contributed by atoms with Gasteiger partial charge in [-0.25, -0.2) is 50.7 Å². The van der Waals surface area contributed by atoms with Crippen molar-refractivity contribution in [3.8, 4) is 34.5 Å². The average Bonchev–Trinajstić information content (AvgIpc) is 1.70. The second kappa shape index (κ2) is 43.9. The predicted molar refractivity (Wildman–Crippen MR) is 467 cm³/mol. The van der Waals surface area contributed by atoms with Crippen molar-refractivity contribution >= 4 is 103 Å². The van der Waals surface area contributed by atoms with Crippen molar-refractivity contribution in [3.63, 3.8) is 0 Å². The van der Waals surface area contributed by atoms with Crippen molar-refractivity contribution in [2.75, 3.05) is 47.4 Å². The molecule has 4 aliphatic rings. The number of allylic oxidation sites excluding steroid dienone is 1. The van der Waals surface area contributed by atoms with Crippen LogP contribution in [-0.2, 0) is 28.7 Å². The molecule has 0 unspecified atom stereocenters. The van der Waals surface area contributed by atoms with E-state index in [2.05, 4.69) is 121 Å². The lowest BCUT2D eigenvalue weighted by molar-refractivity contribution is -0.148. The summed E-state index contributed by atoms with van der Waals surface area (Å²) in [6.07, 6.45) is 29.5. The molecule has 3 aliphatic carbocycles. The van der Waals surface area contributed by atoms with Crippen LogP contribution in [0.15, 0.2) is 202 Å². The smallest absolute Gasteiger partial charge is 0.270 e. The number of carbonyl (C=O) groups is 5. The number of alkyl halides is 7. The molecule has 0 bridgehead atoms. The highest BCUT2D eigenvalue weighted by atomic mass is 19.3. The number of benzene rings is 3. The van der Waals surface area contributed by atoms with Gasteiger partial charge >= 0.3 is 0 Å². The number of rotatable bonds is 25. The van der Waals surface area contributed by atoms with E-state index in [1.807, 2.05) is 54.6 Å². The summed E-state index contributed by atoms with van der Waals surface area (Å²) in [6, 6.07) is 26.2. The zero-order valence-corrected chi connectivity index (χ0v) is 70.3. The Balaban J connectivity index is 0.000000175. The van der Waals surface area contributed by atoms with E-state index in [4.69, 9.17) is 28.1 Å². The van der Waals surface area contributed by atoms with Gasteiger partial charge in [0.25, 0.3) is 5.92 Å². The number of ether oxygens (including phenoxy) is 5. The largest absolute Gasteiger partial charge is 0.490 e. The first-order valence-corrected chi connectivity index (χ1v) is 40.6. The molecule has 29 heteroatoms. The standard InChI is InChI=1S/C20H22F2N2O2.C19H21F2N3O2.C19H21FN2O2.C18H22F2N2O3.C18H20N2O2/c1-3-19(25)24-14-11-16-17(23-12-14)5-4-6-18(16)26-15-9-7-13(8-10-15)20(2,21)22;1-3-17(25)24-13-10-15-16(23-11-13)8-9-22-18(15)26-14-6-4-12(5-7-14)19(2,20)21;1-3-17(23)22-15-10-14(18-16(11-15)21-12-24-18)5-4-13-6-8-19(2,20)9-7-13;1-4-16(23)22-14-9-13(17(24-3)21-10-14)7-5-12-6-8-15(25-11-12)18(2,19)20;1-5-17(21)20-15-10-16(18(22-4)19-11-15)14-8-6-13(7-9-14)12(2)3/h3-6,11-13,15H,1,7-10H2,2H3,(H,24,25);3,8-12,14H,1,4-7H2,2H3,(H,24,25);3-5,10-13H,1,6-9H2,2H3,(H,22,23);4-5,7,9-10,12,15H,1,6,8,11H2,2-3H3,(H,22,23);5-12H,1H2,2-4H3,(H,20,21)/b;;5-4+;7-5+;/t;;;12-,15+;/m...1./s1. The van der Waals surface area contributed by atoms with Crippen molar-refractivity contribution < 1.29 is 82.8 Å². The molecule has 0 spiro atoms. The fourth-order valence-corrected chi connectivity index (χ4v) is 14.4. The van der Waals surface area contributed by atoms with E-state index in [9.17, 15) is 54.7 Å². The summed E-state index contributed by atoms with van der Waals surface area (Å²) < 4.78 is 128. The minimum Gasteiger partial charge on any atom is -0.490 e. The molecule has 0 radical (unpaired) electrons. The summed E-state index contributed by atoms with van der Waals surface area (Å²) in [5.74, 6) is -7.95. The number of amides is 5. The van der Waals surface area contributed by atoms with E-state index in [0.717, 1.165) is 61.2 Å². The van der Waals surface area contributed by atoms with Crippen LogP contribution in [0, 0.1) is 23.7 Å². The van der Waals surface area contributed by atoms with Gasteiger partial charge in [0, 0.05) is 58.6 Å². The van der Waals surface area contributed by atoms with Crippen LogP contribution in [0.25, 0.3) is 56.2 Å². The summed E-state index contributed by atoms with van der Waals surface area (Å²) in [7, 11) is 3.08. The molecule has 13 rings (SSSR count). The van der Waals surface area contributed by atoms with E-state index in [-0.39, 0.29) is 54.3 Å². The van der Waals surface area contributed by atoms with Crippen molar-refractivity contribution in [1.82, 2.24) is 29.9 Å². The Kier molecular flexibility index (Phi) is 33.7. The number of oxazole rings is 1. The second-order valence-corrected chi connectivity index (χ2v) is 31.2. The van der Waals surface area contributed by atoms with Crippen LogP contribution in [0.3, 0.4) is 0 Å². The SMILES string of the molecule is C=CC(=O)Nc1cc(/C=C/C2CCC(C)(F)CC2)c2ocnc2c1.C=CC(=O)Nc1cnc(OC)c(-c2ccc(C(C)C)cc2)c1.C=CC(=O)Nc1cnc(OC)c(/C=C/[C@@H]2CC[C@@H](C(C)(F)F)OC2)c1.C=CC(=O)Nc1cnc2cccc(OC3CCC(C(C)(F)F)CC3)c2c1.C=CC(=O)Nc1cnc2ccnc(OC3CCC(C(C)(F)F)CC3)c2c1. The second-order valence-electron chi connectivity index (χ2n) is 31.2. The number of anilines is 5. The maximum atomic E-state index is 13.9. The lowest BCUT2D eigenvalue weighted by Gasteiger charge is -2.32. The zero-order chi connectivity index (χ0) is 89.2. The Bertz CT molecular complexity index is 5080. The first-order chi connectivity index (χ1) is 58.6. The van der Waals surface area contributed by atoms with Crippen LogP contribution < -0.4 is 45.5 Å². The van der Waals surface area contributed by atoms with Gasteiger partial charge in [-0.05, 0) is 219 Å². The van der Waals surface area contributed by atoms with E-state index in [1.54, 1.807) is 75.2 Å². The highest BCUT2D eigenvalue weighted by molar-refractivity contribution is 6.03. The highest BCUT2D eigenvalue weighted by Crippen LogP contribution is 2.42. The molecule has 3 aromatic carbocycles. The van der Waals surface area contributed by atoms with Crippen LogP contribution in [-0.4, -0.2) is 122 Å². The Morgan fingerprint density at radius 3 is 1.49 bits per heavy atom. The predicted octanol–water partition coefficient (Wildman–Crippen LogP) is 21.9. The molecule has 1 saturated heterocycles. The molecule has 1 aliphatic heterocycles. The average molecular weight is 1700 g/mol. The van der Waals surface area contributed by atoms with Crippen LogP contribution in [0.1, 0.15) is 154 Å². The summed E-state index contributed by atoms with van der Waals surface area (Å²) >= 11 is 0. The number of hydrogen-bond acceptors (Lipinski definition) is 17. The van der Waals surface area contributed by atoms with Gasteiger partial charge in [0.2, 0.25) is 59.0 Å². The molecular formula is C94H106F7N11O11. The summed E-state index contributed by atoms with van der Waals surface area (Å²) in [4.78, 5) is 82.7. The molecule has 3 saturated carbocycles. The number of halogens is 7. The third-order valence-electron chi connectivity index (χ3n) is 21.4. The topological polar surface area (TPSA) is 282 Å². The monoisotopic (exact) mass is 1700 g/mol. The van der Waals surface area contributed by atoms with E-state index in [1.165, 1.54) is 55.6 Å². The van der Waals surface area contributed by atoms with E-state index >= 15 is 0 Å². The Hall–Kier alpha value is -12.4. The van der Waals surface area contributed by atoms with Crippen molar-refractivity contribution in [2.45, 2.75) is 179 Å². The number of fused-ring (bicyclic) bond motifs is 3. The van der Waals surface area contributed by atoms with Gasteiger partial charge in [0.1, 0.15) is 29.1 Å². The van der Waals surface area contributed by atoms with Gasteiger partial charge in [-0.3, -0.25) is 33.9 Å². The third-order valence-corrected chi connectivity index (χ3v) is 21.4. The molecule has 5 amide bonds. The van der Waals surface area contributed by atoms with Gasteiger partial charge < -0.3 is 54.7 Å². The number of methoxy groups -OCH3 is 2. The van der Waals surface area contributed by atoms with Crippen molar-refractivity contribution in [3.05, 3.63) is 214 Å². The molecule has 2 atom stereocenters. The summed E-state index contributed by atoms with van der Waals surface area (Å²) in [5.41, 5.74) is 9.17. The van der Waals surface area contributed by atoms with Crippen molar-refractivity contribution in [2.24, 2.45) is 23.7 Å². The summed E-state index contributed by atoms with van der Waals surface area (Å²) in [5, 5.41) is 14.8. The van der Waals surface area contributed by atoms with Crippen molar-refractivity contribution in [1.29, 1.82) is 0 Å². The molecule has 652 valence electrons. The van der Waals surface area contributed by atoms with Gasteiger partial charge in [-0.2, -0.15) is 0 Å². The lowest BCUT2D eigenvalue weighted by Crippen LogP contribution is -2.37. The highest BCUT2D eigenvalue weighted by Gasteiger charge is 2.40. The Morgan fingerprint density at radius 1 is 0.496 bits per heavy atom. The minimum atomic E-state index is -2.82. The van der Waals surface area contributed by atoms with Crippen LogP contribution in [0.2, 0.25) is 0 Å². The fourth-order valence-electron chi connectivity index (χ4n) is 14.4. The maximum absolute atomic E-state index is 13.9. The molecule has 9 aromatic rings. The first-order valence-electron chi connectivity index (χ1n) is 40.6. The van der Waals surface area contributed by atoms with Gasteiger partial charge in [-0.15, -0.1) is 0 Å². The van der Waals surface area contributed by atoms with Gasteiger partial charge in [-0.1, -0.05) is 101 Å². The first kappa shape index (κ1) is 94.5. The van der Waals surface area contributed by atoms with Gasteiger partial charge in [0.05, 0.1) is 90.9 Å². The van der Waals surface area contributed by atoms with Crippen LogP contribution >= 0.6 is 0 Å². The quantitative estimate of drug-likeness (QED) is 0.0263. The number of aromatic nitrogens is 6. The third kappa shape index (κ3) is 28.3. The molecule has 22 nitrogen and oxygen atoms in total. The number of nitrogens with one attached hydrogen (secondary N) is 5. The Morgan fingerprint density at radius 2 is 0.976 bits per heavy atom. The zero-order valence-electron chi connectivity index (χ0n) is 70.3. The molecule has 123 heavy (non-hydrogen) atoms. The normalized spacial score (nSPS) is 19.6. The molecule has 7 heterocycles. The maximum Gasteiger partial charge on any atom is 0.270 e. The van der Waals surface area contributed by atoms with Crippen LogP contribution in [0.4, 0.5) is 59.2 Å². The lowest BCUT2D eigenvalue weighted by atomic mass is 9.81. The van der Waals surface area contributed by atoms with Gasteiger partial charge in [0.15, 0.2) is 12.0 Å². The molecule has 6 aromatic heterocycles. The minimum absolute atomic E-state index is 0.0368. The molecule has 4 fully saturated rings. The Labute approximate surface area is 711 Å². The number of carbonyl (C=O) groups excluding carboxylic acids is 5. The number of pyridine rings is 5. The van der Waals surface area contributed by atoms with Crippen LogP contribution in [0.5, 0.6) is 23.4 Å².